The molecule has 0 aromatic carbocycles. The molecule has 0 aromatic heterocycles. The molecule has 1 N–H and O–H groups in total. The summed E-state index contributed by atoms with van der Waals surface area (Å²) in [5.74, 6) is 0. The fourth-order valence-corrected chi connectivity index (χ4v) is 2.48. The number of ether oxygens (including phenoxy) is 3. The van der Waals surface area contributed by atoms with Gasteiger partial charge in [0.2, 0.25) is 0 Å². The first kappa shape index (κ1) is 18.8. The van der Waals surface area contributed by atoms with Gasteiger partial charge >= 0.3 is 0 Å². The summed E-state index contributed by atoms with van der Waals surface area (Å²) in [6.45, 7) is 9.89. The summed E-state index contributed by atoms with van der Waals surface area (Å²) in [5, 5.41) is 3.36. The highest BCUT2D eigenvalue weighted by Crippen LogP contribution is 2.08. The van der Waals surface area contributed by atoms with E-state index in [0.717, 1.165) is 32.7 Å². The van der Waals surface area contributed by atoms with E-state index in [2.05, 4.69) is 17.1 Å². The molecule has 0 amide bonds. The molecule has 1 heterocycles. The van der Waals surface area contributed by atoms with Crippen LogP contribution in [0.1, 0.15) is 32.6 Å². The van der Waals surface area contributed by atoms with E-state index in [0.29, 0.717) is 32.5 Å². The van der Waals surface area contributed by atoms with Crippen molar-refractivity contribution in [3.05, 3.63) is 0 Å². The Morgan fingerprint density at radius 3 is 2.33 bits per heavy atom. The van der Waals surface area contributed by atoms with E-state index >= 15 is 0 Å². The van der Waals surface area contributed by atoms with Crippen LogP contribution in [0.4, 0.5) is 0 Å². The van der Waals surface area contributed by atoms with Crippen molar-refractivity contribution in [2.75, 3.05) is 66.3 Å². The highest BCUT2D eigenvalue weighted by atomic mass is 16.5. The number of likely N-dealkylation sites (tertiary alicyclic amines) is 1. The molecule has 0 spiro atoms. The molecule has 1 aliphatic rings. The minimum atomic E-state index is 0.648. The number of hydrogen-bond donors (Lipinski definition) is 1. The van der Waals surface area contributed by atoms with Crippen molar-refractivity contribution in [2.24, 2.45) is 0 Å². The molecule has 21 heavy (non-hydrogen) atoms. The van der Waals surface area contributed by atoms with E-state index in [-0.39, 0.29) is 0 Å². The van der Waals surface area contributed by atoms with Gasteiger partial charge in [0.15, 0.2) is 0 Å². The summed E-state index contributed by atoms with van der Waals surface area (Å²) in [6.07, 6.45) is 4.89. The molecule has 1 saturated heterocycles. The van der Waals surface area contributed by atoms with Crippen LogP contribution < -0.4 is 5.32 Å². The van der Waals surface area contributed by atoms with Crippen LogP contribution in [0.3, 0.4) is 0 Å². The van der Waals surface area contributed by atoms with Gasteiger partial charge in [-0.1, -0.05) is 13.3 Å². The maximum Gasteiger partial charge on any atom is 0.0701 e. The topological polar surface area (TPSA) is 43.0 Å². The van der Waals surface area contributed by atoms with Gasteiger partial charge in [-0.05, 0) is 32.9 Å². The lowest BCUT2D eigenvalue weighted by Crippen LogP contribution is -2.45. The van der Waals surface area contributed by atoms with Crippen LogP contribution >= 0.6 is 0 Å². The van der Waals surface area contributed by atoms with Crippen LogP contribution in [-0.4, -0.2) is 77.3 Å². The Kier molecular flexibility index (Phi) is 12.1. The molecule has 126 valence electrons. The minimum absolute atomic E-state index is 0.648. The number of nitrogens with one attached hydrogen (secondary N) is 1. The van der Waals surface area contributed by atoms with Crippen LogP contribution in [0, 0.1) is 0 Å². The molecule has 1 atom stereocenters. The Balaban J connectivity index is 1.80. The molecule has 1 fully saturated rings. The number of piperidine rings is 1. The first-order valence-corrected chi connectivity index (χ1v) is 8.49. The largest absolute Gasteiger partial charge is 0.379 e. The first-order valence-electron chi connectivity index (χ1n) is 8.49. The summed E-state index contributed by atoms with van der Waals surface area (Å²) in [4.78, 5) is 2.48. The van der Waals surface area contributed by atoms with Gasteiger partial charge in [-0.25, -0.2) is 0 Å². The Morgan fingerprint density at radius 1 is 1.00 bits per heavy atom. The lowest BCUT2D eigenvalue weighted by molar-refractivity contribution is 0.00879. The molecule has 1 unspecified atom stereocenters. The van der Waals surface area contributed by atoms with Gasteiger partial charge < -0.3 is 19.5 Å². The molecule has 0 radical (unpaired) electrons. The van der Waals surface area contributed by atoms with Gasteiger partial charge in [0.1, 0.15) is 0 Å². The second kappa shape index (κ2) is 13.5. The van der Waals surface area contributed by atoms with Crippen molar-refractivity contribution in [2.45, 2.75) is 38.6 Å². The summed E-state index contributed by atoms with van der Waals surface area (Å²) in [6, 6.07) is 0.648. The van der Waals surface area contributed by atoms with E-state index in [1.54, 1.807) is 0 Å². The van der Waals surface area contributed by atoms with Crippen molar-refractivity contribution in [3.63, 3.8) is 0 Å². The van der Waals surface area contributed by atoms with Crippen molar-refractivity contribution in [1.29, 1.82) is 0 Å². The van der Waals surface area contributed by atoms with Gasteiger partial charge in [-0.15, -0.1) is 0 Å². The minimum Gasteiger partial charge on any atom is -0.379 e. The van der Waals surface area contributed by atoms with E-state index in [1.165, 1.54) is 25.8 Å². The molecule has 1 aliphatic heterocycles. The Morgan fingerprint density at radius 2 is 1.67 bits per heavy atom. The maximum atomic E-state index is 5.62. The van der Waals surface area contributed by atoms with Gasteiger partial charge in [0, 0.05) is 25.7 Å². The van der Waals surface area contributed by atoms with Crippen molar-refractivity contribution < 1.29 is 14.2 Å². The van der Waals surface area contributed by atoms with Crippen molar-refractivity contribution in [3.8, 4) is 0 Å². The highest BCUT2D eigenvalue weighted by Gasteiger charge is 2.17. The van der Waals surface area contributed by atoms with E-state index in [4.69, 9.17) is 14.2 Å². The number of hydrogen-bond acceptors (Lipinski definition) is 5. The van der Waals surface area contributed by atoms with E-state index in [9.17, 15) is 0 Å². The molecule has 5 heteroatoms. The molecule has 0 bridgehead atoms. The van der Waals surface area contributed by atoms with Crippen LogP contribution in [0.2, 0.25) is 0 Å². The van der Waals surface area contributed by atoms with Crippen LogP contribution in [-0.2, 0) is 14.2 Å². The van der Waals surface area contributed by atoms with E-state index in [1.807, 2.05) is 7.05 Å². The van der Waals surface area contributed by atoms with E-state index < -0.39 is 0 Å². The Labute approximate surface area is 130 Å². The van der Waals surface area contributed by atoms with Crippen LogP contribution in [0.5, 0.6) is 0 Å². The average molecular weight is 302 g/mol. The third-order valence-corrected chi connectivity index (χ3v) is 3.85. The number of nitrogens with zero attached hydrogens (tertiary/aromatic N) is 1. The second-order valence-corrected chi connectivity index (χ2v) is 5.62. The monoisotopic (exact) mass is 302 g/mol. The SMILES string of the molecule is CCCCOCCOCCOCCN1CCCC(NC)C1. The summed E-state index contributed by atoms with van der Waals surface area (Å²) in [7, 11) is 2.05. The van der Waals surface area contributed by atoms with Gasteiger partial charge in [0.25, 0.3) is 0 Å². The Bertz CT molecular complexity index is 230. The standard InChI is InChI=1S/C16H34N2O3/c1-3-4-9-19-11-13-21-14-12-20-10-8-18-7-5-6-16(15-18)17-2/h16-17H,3-15H2,1-2H3. The first-order chi connectivity index (χ1) is 10.4. The molecule has 1 rings (SSSR count). The maximum absolute atomic E-state index is 5.62. The zero-order valence-electron chi connectivity index (χ0n) is 13.9. The van der Waals surface area contributed by atoms with Crippen molar-refractivity contribution >= 4 is 0 Å². The van der Waals surface area contributed by atoms with Gasteiger partial charge in [0.05, 0.1) is 33.0 Å². The third kappa shape index (κ3) is 10.2. The fourth-order valence-electron chi connectivity index (χ4n) is 2.48. The molecule has 0 aromatic rings. The third-order valence-electron chi connectivity index (χ3n) is 3.85. The molecule has 5 nitrogen and oxygen atoms in total. The summed E-state index contributed by atoms with van der Waals surface area (Å²) < 4.78 is 16.5. The summed E-state index contributed by atoms with van der Waals surface area (Å²) in [5.41, 5.74) is 0. The molecular formula is C16H34N2O3. The van der Waals surface area contributed by atoms with Gasteiger partial charge in [-0.3, -0.25) is 4.90 Å². The zero-order chi connectivity index (χ0) is 15.2. The van der Waals surface area contributed by atoms with Gasteiger partial charge in [-0.2, -0.15) is 0 Å². The molecule has 0 saturated carbocycles. The predicted octanol–water partition coefficient (Wildman–Crippen LogP) is 1.52. The number of likely N-dealkylation sites (N-methyl/N-ethyl adjacent to an activating group) is 1. The lowest BCUT2D eigenvalue weighted by atomic mass is 10.1. The molecule has 0 aliphatic carbocycles. The zero-order valence-corrected chi connectivity index (χ0v) is 13.9. The summed E-state index contributed by atoms with van der Waals surface area (Å²) >= 11 is 0. The van der Waals surface area contributed by atoms with Crippen LogP contribution in [0.25, 0.3) is 0 Å². The molecular weight excluding hydrogens is 268 g/mol. The highest BCUT2D eigenvalue weighted by molar-refractivity contribution is 4.76. The van der Waals surface area contributed by atoms with Crippen LogP contribution in [0.15, 0.2) is 0 Å². The smallest absolute Gasteiger partial charge is 0.0701 e. The normalized spacial score (nSPS) is 20.0. The average Bonchev–Trinajstić information content (AvgIpc) is 2.53. The van der Waals surface area contributed by atoms with Crippen molar-refractivity contribution in [1.82, 2.24) is 10.2 Å². The number of rotatable bonds is 13. The quantitative estimate of drug-likeness (QED) is 0.523. The second-order valence-electron chi connectivity index (χ2n) is 5.62. The Hall–Kier alpha value is -0.200. The fraction of sp³-hybridized carbons (Fsp3) is 1.00. The number of unbranched alkanes of at least 4 members (excludes halogenated alkanes) is 1. The lowest BCUT2D eigenvalue weighted by Gasteiger charge is -2.32. The predicted molar refractivity (Wildman–Crippen MR) is 85.9 cm³/mol.